The maximum Gasteiger partial charge on any atom is 0.271 e. The number of hydrogen-bond acceptors (Lipinski definition) is 4. The van der Waals surface area contributed by atoms with E-state index in [0.717, 1.165) is 19.3 Å². The molecule has 6 nitrogen and oxygen atoms in total. The lowest BCUT2D eigenvalue weighted by molar-refractivity contribution is -0.385. The van der Waals surface area contributed by atoms with E-state index < -0.39 is 16.4 Å². The molecule has 0 bridgehead atoms. The molecular weight excluding hydrogens is 316 g/mol. The molecule has 0 spiro atoms. The van der Waals surface area contributed by atoms with Crippen LogP contribution in [0.5, 0.6) is 0 Å². The van der Waals surface area contributed by atoms with E-state index in [9.17, 15) is 20.0 Å². The second-order valence-corrected chi connectivity index (χ2v) is 5.62. The average molecular weight is 329 g/mol. The molecule has 1 saturated carbocycles. The van der Waals surface area contributed by atoms with Crippen molar-refractivity contribution >= 4 is 27.5 Å². The maximum atomic E-state index is 12.1. The summed E-state index contributed by atoms with van der Waals surface area (Å²) in [5, 5.41) is 22.8. The highest BCUT2D eigenvalue weighted by Gasteiger charge is 2.38. The molecule has 1 fully saturated rings. The number of nitro groups is 1. The maximum absolute atomic E-state index is 12.1. The van der Waals surface area contributed by atoms with Crippen LogP contribution in [0.25, 0.3) is 0 Å². The van der Waals surface area contributed by atoms with Crippen LogP contribution in [0.3, 0.4) is 0 Å². The zero-order valence-electron chi connectivity index (χ0n) is 10.1. The lowest BCUT2D eigenvalue weighted by Gasteiger charge is -2.40. The van der Waals surface area contributed by atoms with Gasteiger partial charge in [0.2, 0.25) is 0 Å². The van der Waals surface area contributed by atoms with Crippen LogP contribution in [-0.2, 0) is 0 Å². The van der Waals surface area contributed by atoms with Crippen molar-refractivity contribution in [2.75, 3.05) is 6.61 Å². The number of amides is 1. The van der Waals surface area contributed by atoms with E-state index in [1.54, 1.807) is 0 Å². The first-order chi connectivity index (χ1) is 8.96. The fourth-order valence-corrected chi connectivity index (χ4v) is 2.53. The van der Waals surface area contributed by atoms with Crippen molar-refractivity contribution in [1.82, 2.24) is 5.32 Å². The van der Waals surface area contributed by atoms with Gasteiger partial charge in [-0.25, -0.2) is 0 Å². The van der Waals surface area contributed by atoms with Gasteiger partial charge in [-0.2, -0.15) is 0 Å². The number of benzene rings is 1. The highest BCUT2D eigenvalue weighted by Crippen LogP contribution is 2.32. The zero-order chi connectivity index (χ0) is 14.0. The third kappa shape index (κ3) is 2.93. The van der Waals surface area contributed by atoms with Crippen LogP contribution < -0.4 is 5.32 Å². The van der Waals surface area contributed by atoms with E-state index in [1.165, 1.54) is 18.2 Å². The Morgan fingerprint density at radius 3 is 2.63 bits per heavy atom. The lowest BCUT2D eigenvalue weighted by Crippen LogP contribution is -2.56. The van der Waals surface area contributed by atoms with Crippen LogP contribution in [0.4, 0.5) is 5.69 Å². The molecule has 2 N–H and O–H groups in total. The number of non-ortho nitro benzene ring substituents is 1. The van der Waals surface area contributed by atoms with Crippen LogP contribution in [0.1, 0.15) is 29.6 Å². The molecule has 7 heteroatoms. The quantitative estimate of drug-likeness (QED) is 0.653. The number of halogens is 1. The molecule has 0 saturated heterocycles. The van der Waals surface area contributed by atoms with Crippen molar-refractivity contribution < 1.29 is 14.8 Å². The van der Waals surface area contributed by atoms with Crippen LogP contribution >= 0.6 is 15.9 Å². The Morgan fingerprint density at radius 2 is 2.16 bits per heavy atom. The minimum atomic E-state index is -0.561. The highest BCUT2D eigenvalue weighted by molar-refractivity contribution is 9.10. The number of aliphatic hydroxyl groups is 1. The summed E-state index contributed by atoms with van der Waals surface area (Å²) in [6.45, 7) is -0.116. The number of hydrogen-bond donors (Lipinski definition) is 2. The van der Waals surface area contributed by atoms with E-state index in [4.69, 9.17) is 0 Å². The van der Waals surface area contributed by atoms with Crippen molar-refractivity contribution in [3.63, 3.8) is 0 Å². The first-order valence-corrected chi connectivity index (χ1v) is 6.63. The molecule has 1 amide bonds. The van der Waals surface area contributed by atoms with Gasteiger partial charge in [0.25, 0.3) is 11.6 Å². The van der Waals surface area contributed by atoms with Gasteiger partial charge in [-0.05, 0) is 25.3 Å². The second-order valence-electron chi connectivity index (χ2n) is 4.70. The fraction of sp³-hybridized carbons (Fsp3) is 0.417. The van der Waals surface area contributed by atoms with Crippen molar-refractivity contribution in [3.05, 3.63) is 38.3 Å². The van der Waals surface area contributed by atoms with Crippen LogP contribution in [0.2, 0.25) is 0 Å². The number of carbonyl (C=O) groups excluding carboxylic acids is 1. The lowest BCUT2D eigenvalue weighted by atomic mass is 9.77. The van der Waals surface area contributed by atoms with Gasteiger partial charge in [-0.1, -0.05) is 15.9 Å². The van der Waals surface area contributed by atoms with E-state index in [1.807, 2.05) is 0 Å². The number of carbonyl (C=O) groups is 1. The molecule has 19 heavy (non-hydrogen) atoms. The molecular formula is C12H13BrN2O4. The Morgan fingerprint density at radius 1 is 1.47 bits per heavy atom. The number of aliphatic hydroxyl groups excluding tert-OH is 1. The largest absolute Gasteiger partial charge is 0.394 e. The smallest absolute Gasteiger partial charge is 0.271 e. The average Bonchev–Trinajstić information content (AvgIpc) is 2.32. The van der Waals surface area contributed by atoms with Crippen LogP contribution in [-0.4, -0.2) is 28.1 Å². The second kappa shape index (κ2) is 5.26. The summed E-state index contributed by atoms with van der Waals surface area (Å²) >= 11 is 3.14. The number of nitro benzene ring substituents is 1. The summed E-state index contributed by atoms with van der Waals surface area (Å²) in [5.41, 5.74) is -0.499. The molecule has 102 valence electrons. The molecule has 1 aromatic carbocycles. The third-order valence-electron chi connectivity index (χ3n) is 3.35. The predicted octanol–water partition coefficient (Wildman–Crippen LogP) is 2.00. The van der Waals surface area contributed by atoms with Crippen LogP contribution in [0.15, 0.2) is 22.7 Å². The molecule has 0 aromatic heterocycles. The Hall–Kier alpha value is -1.47. The van der Waals surface area contributed by atoms with Gasteiger partial charge in [0.1, 0.15) is 0 Å². The predicted molar refractivity (Wildman–Crippen MR) is 71.9 cm³/mol. The first-order valence-electron chi connectivity index (χ1n) is 5.84. The van der Waals surface area contributed by atoms with Gasteiger partial charge in [-0.3, -0.25) is 14.9 Å². The van der Waals surface area contributed by atoms with E-state index in [0.29, 0.717) is 4.47 Å². The van der Waals surface area contributed by atoms with Gasteiger partial charge in [0.05, 0.1) is 17.1 Å². The van der Waals surface area contributed by atoms with Gasteiger partial charge >= 0.3 is 0 Å². The molecule has 0 aliphatic heterocycles. The summed E-state index contributed by atoms with van der Waals surface area (Å²) in [6, 6.07) is 4.08. The minimum Gasteiger partial charge on any atom is -0.394 e. The number of rotatable bonds is 4. The van der Waals surface area contributed by atoms with Gasteiger partial charge in [0, 0.05) is 22.2 Å². The highest BCUT2D eigenvalue weighted by atomic mass is 79.9. The summed E-state index contributed by atoms with van der Waals surface area (Å²) in [4.78, 5) is 22.3. The van der Waals surface area contributed by atoms with Gasteiger partial charge < -0.3 is 10.4 Å². The zero-order valence-corrected chi connectivity index (χ0v) is 11.6. The molecule has 0 atom stereocenters. The molecule has 0 radical (unpaired) electrons. The first kappa shape index (κ1) is 14.0. The van der Waals surface area contributed by atoms with Crippen LogP contribution in [0, 0.1) is 10.1 Å². The van der Waals surface area contributed by atoms with Crippen molar-refractivity contribution in [3.8, 4) is 0 Å². The summed E-state index contributed by atoms with van der Waals surface area (Å²) < 4.78 is 0.471. The Labute approximate surface area is 118 Å². The molecule has 0 heterocycles. The number of nitrogens with zero attached hydrogens (tertiary/aromatic N) is 1. The standard InChI is InChI=1S/C12H13BrN2O4/c13-9-4-8(5-10(6-9)15(18)19)11(17)14-12(7-16)2-1-3-12/h4-6,16H,1-3,7H2,(H,14,17). The summed E-state index contributed by atoms with van der Waals surface area (Å²) in [6.07, 6.45) is 2.41. The molecule has 1 aliphatic rings. The van der Waals surface area contributed by atoms with E-state index >= 15 is 0 Å². The summed E-state index contributed by atoms with van der Waals surface area (Å²) in [5.74, 6) is -0.404. The SMILES string of the molecule is O=C(NC1(CO)CCC1)c1cc(Br)cc([N+](=O)[O-])c1. The van der Waals surface area contributed by atoms with Gasteiger partial charge in [0.15, 0.2) is 0 Å². The number of nitrogens with one attached hydrogen (secondary N) is 1. The molecule has 1 aromatic rings. The molecule has 0 unspecified atom stereocenters. The minimum absolute atomic E-state index is 0.116. The van der Waals surface area contributed by atoms with Gasteiger partial charge in [-0.15, -0.1) is 0 Å². The van der Waals surface area contributed by atoms with E-state index in [2.05, 4.69) is 21.2 Å². The Kier molecular flexibility index (Phi) is 3.86. The van der Waals surface area contributed by atoms with Crippen molar-refractivity contribution in [2.24, 2.45) is 0 Å². The van der Waals surface area contributed by atoms with Crippen molar-refractivity contribution in [1.29, 1.82) is 0 Å². The van der Waals surface area contributed by atoms with Crippen molar-refractivity contribution in [2.45, 2.75) is 24.8 Å². The monoisotopic (exact) mass is 328 g/mol. The fourth-order valence-electron chi connectivity index (χ4n) is 2.05. The normalized spacial score (nSPS) is 16.5. The third-order valence-corrected chi connectivity index (χ3v) is 3.81. The van der Waals surface area contributed by atoms with E-state index in [-0.39, 0.29) is 17.9 Å². The Balaban J connectivity index is 2.21. The Bertz CT molecular complexity index is 523. The topological polar surface area (TPSA) is 92.5 Å². The summed E-state index contributed by atoms with van der Waals surface area (Å²) in [7, 11) is 0. The molecule has 1 aliphatic carbocycles. The molecule has 2 rings (SSSR count).